The van der Waals surface area contributed by atoms with Gasteiger partial charge in [-0.25, -0.2) is 0 Å². The second kappa shape index (κ2) is 54.8. The summed E-state index contributed by atoms with van der Waals surface area (Å²) in [5.41, 5.74) is 0. The lowest BCUT2D eigenvalue weighted by Gasteiger charge is -2.30. The second-order valence-electron chi connectivity index (χ2n) is 22.2. The first-order chi connectivity index (χ1) is 36.4. The van der Waals surface area contributed by atoms with Gasteiger partial charge >= 0.3 is 5.97 Å². The number of carbonyl (C=O) groups is 2. The summed E-state index contributed by atoms with van der Waals surface area (Å²) >= 11 is 0. The minimum absolute atomic E-state index is 0.0307. The van der Waals surface area contributed by atoms with Crippen LogP contribution in [-0.4, -0.2) is 69.4 Å². The Bertz CT molecular complexity index is 1510. The summed E-state index contributed by atoms with van der Waals surface area (Å²) < 4.78 is 30.3. The van der Waals surface area contributed by atoms with Gasteiger partial charge < -0.3 is 28.5 Å². The van der Waals surface area contributed by atoms with Crippen LogP contribution in [0.15, 0.2) is 72.9 Å². The summed E-state index contributed by atoms with van der Waals surface area (Å²) in [5.74, 6) is -0.575. The number of hydrogen-bond donors (Lipinski definition) is 1. The Balaban J connectivity index is 5.26. The van der Waals surface area contributed by atoms with Crippen molar-refractivity contribution in [1.29, 1.82) is 0 Å². The molecule has 0 aliphatic rings. The van der Waals surface area contributed by atoms with Crippen molar-refractivity contribution in [2.24, 2.45) is 0 Å². The molecule has 0 aromatic rings. The highest BCUT2D eigenvalue weighted by Gasteiger charge is 2.27. The Hall–Kier alpha value is -2.55. The van der Waals surface area contributed by atoms with E-state index in [1.807, 2.05) is 33.3 Å². The van der Waals surface area contributed by atoms with Crippen LogP contribution in [0.4, 0.5) is 0 Å². The summed E-state index contributed by atoms with van der Waals surface area (Å²) in [6.45, 7) is 6.71. The molecule has 3 atom stereocenters. The highest BCUT2D eigenvalue weighted by atomic mass is 31.2. The first-order valence-electron chi connectivity index (χ1n) is 31.2. The van der Waals surface area contributed by atoms with Gasteiger partial charge in [-0.2, -0.15) is 0 Å². The molecule has 9 nitrogen and oxygen atoms in total. The van der Waals surface area contributed by atoms with Gasteiger partial charge in [-0.15, -0.1) is 0 Å². The molecule has 1 amide bonds. The van der Waals surface area contributed by atoms with Crippen LogP contribution in [-0.2, 0) is 27.9 Å². The fraction of sp³-hybridized carbons (Fsp3) is 0.785. The number of likely N-dealkylation sites (N-methyl/N-ethyl adjacent to an activating group) is 1. The maximum absolute atomic E-state index is 13.5. The van der Waals surface area contributed by atoms with E-state index in [0.29, 0.717) is 17.4 Å². The third-order valence-electron chi connectivity index (χ3n) is 13.6. The zero-order chi connectivity index (χ0) is 55.0. The molecule has 0 bridgehead atoms. The predicted octanol–water partition coefficient (Wildman–Crippen LogP) is 18.6. The summed E-state index contributed by atoms with van der Waals surface area (Å²) in [7, 11) is 1.16. The van der Waals surface area contributed by atoms with E-state index in [0.717, 1.165) is 83.5 Å². The van der Waals surface area contributed by atoms with Crippen molar-refractivity contribution in [3.8, 4) is 0 Å². The number of hydrogen-bond acceptors (Lipinski definition) is 7. The largest absolute Gasteiger partial charge is 0.756 e. The second-order valence-corrected chi connectivity index (χ2v) is 23.6. The number of rotatable bonds is 56. The lowest BCUT2D eigenvalue weighted by molar-refractivity contribution is -0.870. The number of unbranched alkanes of at least 4 members (excludes halogenated alkanes) is 30. The molecule has 0 spiro atoms. The first kappa shape index (κ1) is 72.5. The van der Waals surface area contributed by atoms with Crippen molar-refractivity contribution < 1.29 is 37.3 Å². The summed E-state index contributed by atoms with van der Waals surface area (Å²) in [6, 6.07) is -0.907. The van der Waals surface area contributed by atoms with E-state index in [1.165, 1.54) is 154 Å². The maximum atomic E-state index is 13.5. The van der Waals surface area contributed by atoms with Crippen molar-refractivity contribution in [3.63, 3.8) is 0 Å². The van der Waals surface area contributed by atoms with Crippen molar-refractivity contribution in [1.82, 2.24) is 5.32 Å². The maximum Gasteiger partial charge on any atom is 0.306 e. The van der Waals surface area contributed by atoms with Gasteiger partial charge in [0, 0.05) is 12.8 Å². The molecular weight excluding hydrogens is 952 g/mol. The quantitative estimate of drug-likeness (QED) is 0.0212. The average molecular weight is 1070 g/mol. The van der Waals surface area contributed by atoms with Gasteiger partial charge in [0.1, 0.15) is 19.3 Å². The molecule has 0 rings (SSSR count). The van der Waals surface area contributed by atoms with E-state index >= 15 is 0 Å². The standard InChI is InChI=1S/C65H119N2O7P/c1-7-10-13-16-19-22-25-28-30-32-33-34-35-36-38-40-43-46-49-52-55-58-65(69)74-63(56-53-50-47-44-41-27-24-21-18-15-12-9-3)62(61-73-75(70,71)72-60-59-67(4,5)6)66-64(68)57-54-51-48-45-42-39-37-31-29-26-23-20-17-14-11-8-2/h11,14,20,23,28-31,39,42,53,56,62-63H,7-10,12-13,15-19,21-22,24-27,32-38,40-41,43-52,54-55,57-61H2,1-6H3,(H-,66,68,70,71)/b14-11+,23-20+,30-28+,31-29+,42-39+,56-53+. The fourth-order valence-electron chi connectivity index (χ4n) is 8.80. The predicted molar refractivity (Wildman–Crippen MR) is 321 cm³/mol. The van der Waals surface area contributed by atoms with Gasteiger partial charge in [0.2, 0.25) is 5.91 Å². The molecule has 436 valence electrons. The Labute approximate surface area is 463 Å². The van der Waals surface area contributed by atoms with Crippen LogP contribution in [0.1, 0.15) is 278 Å². The fourth-order valence-corrected chi connectivity index (χ4v) is 9.52. The van der Waals surface area contributed by atoms with E-state index in [-0.39, 0.29) is 31.3 Å². The number of esters is 1. The third-order valence-corrected chi connectivity index (χ3v) is 14.6. The van der Waals surface area contributed by atoms with E-state index in [2.05, 4.69) is 86.8 Å². The summed E-state index contributed by atoms with van der Waals surface area (Å²) in [4.78, 5) is 40.0. The zero-order valence-corrected chi connectivity index (χ0v) is 50.6. The van der Waals surface area contributed by atoms with Gasteiger partial charge in [0.15, 0.2) is 0 Å². The SMILES string of the molecule is CC/C=C/C/C=C/C/C=C/C/C=C/CCCCCC(=O)NC(COP(=O)([O-])OCC[N+](C)(C)C)C(/C=C/CCCCCCCCCCCC)OC(=O)CCCCCCCCCCCCC/C=C/CCCCCCCC. The molecular formula is C65H119N2O7P. The van der Waals surface area contributed by atoms with Crippen LogP contribution in [0.25, 0.3) is 0 Å². The van der Waals surface area contributed by atoms with Crippen molar-refractivity contribution >= 4 is 19.7 Å². The lowest BCUT2D eigenvalue weighted by Crippen LogP contribution is -2.47. The van der Waals surface area contributed by atoms with Gasteiger partial charge in [-0.05, 0) is 96.0 Å². The molecule has 75 heavy (non-hydrogen) atoms. The molecule has 0 saturated carbocycles. The Morgan fingerprint density at radius 1 is 0.480 bits per heavy atom. The number of quaternary nitrogens is 1. The van der Waals surface area contributed by atoms with Crippen LogP contribution >= 0.6 is 7.82 Å². The molecule has 0 aliphatic carbocycles. The first-order valence-corrected chi connectivity index (χ1v) is 32.7. The van der Waals surface area contributed by atoms with E-state index in [1.54, 1.807) is 0 Å². The van der Waals surface area contributed by atoms with Crippen molar-refractivity contribution in [3.05, 3.63) is 72.9 Å². The number of amides is 1. The molecule has 0 aromatic carbocycles. The molecule has 3 unspecified atom stereocenters. The van der Waals surface area contributed by atoms with Gasteiger partial charge in [0.05, 0.1) is 33.8 Å². The van der Waals surface area contributed by atoms with E-state index in [9.17, 15) is 19.0 Å². The van der Waals surface area contributed by atoms with E-state index < -0.39 is 26.6 Å². The minimum Gasteiger partial charge on any atom is -0.756 e. The number of ether oxygens (including phenoxy) is 1. The van der Waals surface area contributed by atoms with Crippen LogP contribution in [0.5, 0.6) is 0 Å². The number of phosphoric ester groups is 1. The molecule has 0 heterocycles. The smallest absolute Gasteiger partial charge is 0.306 e. The number of nitrogens with one attached hydrogen (secondary N) is 1. The monoisotopic (exact) mass is 1070 g/mol. The number of allylic oxidation sites excluding steroid dienone is 11. The van der Waals surface area contributed by atoms with Crippen LogP contribution < -0.4 is 10.2 Å². The van der Waals surface area contributed by atoms with Gasteiger partial charge in [0.25, 0.3) is 7.82 Å². The lowest BCUT2D eigenvalue weighted by atomic mass is 10.0. The molecule has 0 aliphatic heterocycles. The molecule has 0 fully saturated rings. The molecule has 0 aromatic heterocycles. The van der Waals surface area contributed by atoms with Gasteiger partial charge in [-0.3, -0.25) is 14.2 Å². The topological polar surface area (TPSA) is 114 Å². The zero-order valence-electron chi connectivity index (χ0n) is 49.7. The Kier molecular flexibility index (Phi) is 52.9. The highest BCUT2D eigenvalue weighted by Crippen LogP contribution is 2.38. The molecule has 0 radical (unpaired) electrons. The van der Waals surface area contributed by atoms with E-state index in [4.69, 9.17) is 13.8 Å². The van der Waals surface area contributed by atoms with Crippen LogP contribution in [0, 0.1) is 0 Å². The van der Waals surface area contributed by atoms with Crippen molar-refractivity contribution in [2.75, 3.05) is 40.9 Å². The van der Waals surface area contributed by atoms with Gasteiger partial charge in [-0.1, -0.05) is 242 Å². The summed E-state index contributed by atoms with van der Waals surface area (Å²) in [6.07, 6.45) is 70.2. The molecule has 0 saturated heterocycles. The number of carbonyl (C=O) groups excluding carboxylic acids is 2. The summed E-state index contributed by atoms with van der Waals surface area (Å²) in [5, 5.41) is 3.01. The average Bonchev–Trinajstić information content (AvgIpc) is 3.37. The number of phosphoric acid groups is 1. The minimum atomic E-state index is -4.71. The Morgan fingerprint density at radius 2 is 0.853 bits per heavy atom. The Morgan fingerprint density at radius 3 is 1.31 bits per heavy atom. The van der Waals surface area contributed by atoms with Crippen LogP contribution in [0.3, 0.4) is 0 Å². The molecule has 1 N–H and O–H groups in total. The van der Waals surface area contributed by atoms with Crippen LogP contribution in [0.2, 0.25) is 0 Å². The normalized spacial score (nSPS) is 14.2. The third kappa shape index (κ3) is 56.0. The molecule has 10 heteroatoms. The van der Waals surface area contributed by atoms with Crippen molar-refractivity contribution in [2.45, 2.75) is 290 Å². The highest BCUT2D eigenvalue weighted by molar-refractivity contribution is 7.45. The number of nitrogens with zero attached hydrogens (tertiary/aromatic N) is 1.